The van der Waals surface area contributed by atoms with Crippen LogP contribution in [0.25, 0.3) is 0 Å². The smallest absolute Gasteiger partial charge is 0.253 e. The lowest BCUT2D eigenvalue weighted by Crippen LogP contribution is -2.56. The number of halogens is 1. The van der Waals surface area contributed by atoms with E-state index in [0.29, 0.717) is 48.0 Å². The van der Waals surface area contributed by atoms with Gasteiger partial charge in [0.15, 0.2) is 0 Å². The fourth-order valence-electron chi connectivity index (χ4n) is 7.62. The van der Waals surface area contributed by atoms with Crippen molar-refractivity contribution in [2.45, 2.75) is 56.8 Å². The summed E-state index contributed by atoms with van der Waals surface area (Å²) < 4.78 is 12.6. The molecule has 1 N–H and O–H groups in total. The molecule has 0 saturated carbocycles. The molecule has 2 aromatic carbocycles. The van der Waals surface area contributed by atoms with E-state index >= 15 is 0 Å². The molecule has 0 radical (unpaired) electrons. The van der Waals surface area contributed by atoms with Gasteiger partial charge in [0.25, 0.3) is 5.91 Å². The summed E-state index contributed by atoms with van der Waals surface area (Å²) >= 11 is 6.56. The quantitative estimate of drug-likeness (QED) is 0.293. The number of carbonyl (C=O) groups is 3. The van der Waals surface area contributed by atoms with E-state index < -0.39 is 29.1 Å². The third kappa shape index (κ3) is 5.45. The van der Waals surface area contributed by atoms with Crippen molar-refractivity contribution in [1.29, 1.82) is 0 Å². The Balaban J connectivity index is 1.59. The largest absolute Gasteiger partial charge is 0.494 e. The van der Waals surface area contributed by atoms with Crippen molar-refractivity contribution in [1.82, 2.24) is 4.90 Å². The van der Waals surface area contributed by atoms with E-state index in [1.54, 1.807) is 41.3 Å². The van der Waals surface area contributed by atoms with Gasteiger partial charge in [-0.15, -0.1) is 13.2 Å². The van der Waals surface area contributed by atoms with Gasteiger partial charge in [0.05, 0.1) is 34.8 Å². The van der Waals surface area contributed by atoms with Crippen LogP contribution in [0, 0.1) is 11.8 Å². The molecule has 3 aliphatic heterocycles. The number of para-hydroxylation sites is 1. The lowest BCUT2D eigenvalue weighted by atomic mass is 9.64. The predicted molar refractivity (Wildman–Crippen MR) is 174 cm³/mol. The molecule has 5 atom stereocenters. The summed E-state index contributed by atoms with van der Waals surface area (Å²) in [4.78, 5) is 48.6. The van der Waals surface area contributed by atoms with Gasteiger partial charge in [-0.3, -0.25) is 14.4 Å². The molecule has 3 aliphatic rings. The van der Waals surface area contributed by atoms with Crippen LogP contribution in [0.5, 0.6) is 5.75 Å². The minimum atomic E-state index is -1.22. The minimum Gasteiger partial charge on any atom is -0.494 e. The molecule has 2 aromatic rings. The molecule has 3 fully saturated rings. The number of aliphatic hydroxyl groups is 1. The zero-order valence-electron chi connectivity index (χ0n) is 26.0. The fraction of sp³-hybridized carbons (Fsp3) is 0.457. The van der Waals surface area contributed by atoms with Gasteiger partial charge in [0.2, 0.25) is 11.8 Å². The van der Waals surface area contributed by atoms with Crippen molar-refractivity contribution >= 4 is 40.7 Å². The van der Waals surface area contributed by atoms with Crippen molar-refractivity contribution in [3.63, 3.8) is 0 Å². The van der Waals surface area contributed by atoms with E-state index in [0.717, 1.165) is 0 Å². The topological polar surface area (TPSA) is 99.6 Å². The van der Waals surface area contributed by atoms with Crippen molar-refractivity contribution in [2.24, 2.45) is 11.8 Å². The Hall–Kier alpha value is -3.66. The first-order chi connectivity index (χ1) is 21.7. The SMILES string of the molecule is C=CCN(C(=O)[C@@H]1[C@H]2C(=O)N(CCCO)C(C(=O)N(CC=C)c3ccccc3Cl)C23CC[C@@]1(CC)O3)c1ccc(OCC)cc1. The standard InChI is InChI=1S/C35H42ClN3O6/c1-5-20-37(24-14-16-25(17-15-24)44-8-4)31(41)28-29-32(42)39(22-11-23-40)30(35(29)19-18-34(28,7-3)45-35)33(43)38(21-6-2)27-13-10-9-12-26(27)36/h5-6,9-10,12-17,28-30,40H,1-2,7-8,11,18-23H2,3-4H3/t28-,29-,30?,34+,35?/m0/s1. The van der Waals surface area contributed by atoms with E-state index in [4.69, 9.17) is 21.1 Å². The van der Waals surface area contributed by atoms with E-state index in [-0.39, 0.29) is 50.4 Å². The molecule has 2 bridgehead atoms. The maximum atomic E-state index is 14.7. The highest BCUT2D eigenvalue weighted by molar-refractivity contribution is 6.34. The van der Waals surface area contributed by atoms with Crippen LogP contribution < -0.4 is 14.5 Å². The number of anilines is 2. The predicted octanol–water partition coefficient (Wildman–Crippen LogP) is 5.01. The molecule has 3 saturated heterocycles. The fourth-order valence-corrected chi connectivity index (χ4v) is 7.86. The second kappa shape index (κ2) is 13.4. The first-order valence-electron chi connectivity index (χ1n) is 15.7. The summed E-state index contributed by atoms with van der Waals surface area (Å²) in [6.45, 7) is 12.5. The van der Waals surface area contributed by atoms with Gasteiger partial charge in [-0.05, 0) is 69.0 Å². The number of nitrogens with zero attached hydrogens (tertiary/aromatic N) is 3. The molecule has 45 heavy (non-hydrogen) atoms. The summed E-state index contributed by atoms with van der Waals surface area (Å²) in [6.07, 6.45) is 5.02. The Kier molecular flexibility index (Phi) is 9.72. The van der Waals surface area contributed by atoms with Gasteiger partial charge in [-0.25, -0.2) is 0 Å². The molecule has 240 valence electrons. The van der Waals surface area contributed by atoms with Crippen LogP contribution in [0.2, 0.25) is 5.02 Å². The highest BCUT2D eigenvalue weighted by Gasteiger charge is 2.79. The number of hydrogen-bond acceptors (Lipinski definition) is 6. The third-order valence-electron chi connectivity index (χ3n) is 9.50. The number of likely N-dealkylation sites (tertiary alicyclic amines) is 1. The first kappa shape index (κ1) is 32.7. The number of carbonyl (C=O) groups excluding carboxylic acids is 3. The molecule has 5 rings (SSSR count). The molecule has 3 amide bonds. The molecule has 0 aliphatic carbocycles. The van der Waals surface area contributed by atoms with Crippen molar-refractivity contribution in [3.05, 3.63) is 78.9 Å². The van der Waals surface area contributed by atoms with Crippen molar-refractivity contribution in [3.8, 4) is 5.75 Å². The Labute approximate surface area is 270 Å². The number of amides is 3. The third-order valence-corrected chi connectivity index (χ3v) is 9.82. The van der Waals surface area contributed by atoms with Crippen molar-refractivity contribution in [2.75, 3.05) is 42.6 Å². The maximum absolute atomic E-state index is 14.7. The van der Waals surface area contributed by atoms with Gasteiger partial charge in [-0.1, -0.05) is 42.8 Å². The van der Waals surface area contributed by atoms with Gasteiger partial charge in [0, 0.05) is 31.9 Å². The van der Waals surface area contributed by atoms with Crippen LogP contribution in [0.3, 0.4) is 0 Å². The van der Waals surface area contributed by atoms with Crippen molar-refractivity contribution < 1.29 is 29.0 Å². The second-order valence-electron chi connectivity index (χ2n) is 11.8. The van der Waals surface area contributed by atoms with E-state index in [9.17, 15) is 19.5 Å². The summed E-state index contributed by atoms with van der Waals surface area (Å²) in [7, 11) is 0. The molecule has 1 spiro atoms. The molecule has 0 aromatic heterocycles. The Morgan fingerprint density at radius 1 is 1.07 bits per heavy atom. The molecule has 3 heterocycles. The normalized spacial score (nSPS) is 26.4. The number of aliphatic hydroxyl groups excluding tert-OH is 1. The monoisotopic (exact) mass is 635 g/mol. The van der Waals surface area contributed by atoms with Crippen LogP contribution in [0.15, 0.2) is 73.8 Å². The van der Waals surface area contributed by atoms with Crippen LogP contribution in [-0.2, 0) is 19.1 Å². The van der Waals surface area contributed by atoms with E-state index in [1.807, 2.05) is 38.1 Å². The summed E-state index contributed by atoms with van der Waals surface area (Å²) in [5.41, 5.74) is -0.995. The number of ether oxygens (including phenoxy) is 2. The van der Waals surface area contributed by atoms with Crippen LogP contribution in [0.4, 0.5) is 11.4 Å². The minimum absolute atomic E-state index is 0.146. The number of rotatable bonds is 14. The second-order valence-corrected chi connectivity index (χ2v) is 12.2. The zero-order chi connectivity index (χ0) is 32.4. The van der Waals surface area contributed by atoms with Crippen LogP contribution in [-0.4, -0.2) is 77.8 Å². The van der Waals surface area contributed by atoms with E-state index in [2.05, 4.69) is 13.2 Å². The lowest BCUT2D eigenvalue weighted by molar-refractivity contribution is -0.146. The highest BCUT2D eigenvalue weighted by Crippen LogP contribution is 2.65. The van der Waals surface area contributed by atoms with Gasteiger partial charge < -0.3 is 29.3 Å². The van der Waals surface area contributed by atoms with Crippen LogP contribution >= 0.6 is 11.6 Å². The average molecular weight is 636 g/mol. The highest BCUT2D eigenvalue weighted by atomic mass is 35.5. The summed E-state index contributed by atoms with van der Waals surface area (Å²) in [5, 5.41) is 10.1. The Morgan fingerprint density at radius 3 is 2.38 bits per heavy atom. The van der Waals surface area contributed by atoms with Gasteiger partial charge in [-0.2, -0.15) is 0 Å². The summed E-state index contributed by atoms with van der Waals surface area (Å²) in [6, 6.07) is 13.3. The Morgan fingerprint density at radius 2 is 1.76 bits per heavy atom. The molecular weight excluding hydrogens is 594 g/mol. The zero-order valence-corrected chi connectivity index (χ0v) is 26.7. The van der Waals surface area contributed by atoms with Gasteiger partial charge in [0.1, 0.15) is 17.4 Å². The first-order valence-corrected chi connectivity index (χ1v) is 16.0. The Bertz CT molecular complexity index is 1450. The molecule has 10 heteroatoms. The summed E-state index contributed by atoms with van der Waals surface area (Å²) in [5.74, 6) is -1.92. The molecule has 2 unspecified atom stereocenters. The maximum Gasteiger partial charge on any atom is 0.253 e. The molecule has 9 nitrogen and oxygen atoms in total. The molecular formula is C35H42ClN3O6. The number of fused-ring (bicyclic) bond motifs is 1. The number of benzene rings is 2. The van der Waals surface area contributed by atoms with Gasteiger partial charge >= 0.3 is 0 Å². The van der Waals surface area contributed by atoms with E-state index in [1.165, 1.54) is 9.80 Å². The number of hydrogen-bond donors (Lipinski definition) is 1. The van der Waals surface area contributed by atoms with Crippen LogP contribution in [0.1, 0.15) is 39.5 Å². The average Bonchev–Trinajstić information content (AvgIpc) is 3.65. The lowest BCUT2D eigenvalue weighted by Gasteiger charge is -2.37.